The molecule has 1 fully saturated rings. The van der Waals surface area contributed by atoms with Crippen LogP contribution in [0.2, 0.25) is 5.02 Å². The fourth-order valence-corrected chi connectivity index (χ4v) is 4.35. The molecule has 0 aliphatic carbocycles. The van der Waals surface area contributed by atoms with E-state index >= 15 is 0 Å². The first kappa shape index (κ1) is 35.5. The standard InChI is InChI=1S/C20H19ClF2N8O.2C2HF3O2/c1-11(27-18(32)15-16(24)28-31-5-2-4-26-17(15)31)12-7-13(21)14-8-25-10-30(14)19(12)29-6-3-20(22,23)9-29;2*3-2(4,5)1(6)7/h2,4-5,7-8,10-11H,3,6,9H2,1H3,(H2,24,28)(H,27,32);2*(H,6,7). The molecular formula is C24H21ClF8N8O5. The SMILES string of the molecule is CC(NC(=O)c1c(N)nn2cccnc12)c1cc(Cl)c2cncn2c1N1CCC(F)(F)C1.O=C(O)C(F)(F)F.O=C(O)C(F)(F)F. The number of nitrogens with one attached hydrogen (secondary N) is 1. The van der Waals surface area contributed by atoms with Crippen LogP contribution in [0.4, 0.5) is 46.8 Å². The van der Waals surface area contributed by atoms with Crippen LogP contribution in [0.1, 0.15) is 35.3 Å². The molecule has 0 spiro atoms. The lowest BCUT2D eigenvalue weighted by molar-refractivity contribution is -0.193. The van der Waals surface area contributed by atoms with Crippen LogP contribution in [-0.4, -0.2) is 83.4 Å². The fourth-order valence-electron chi connectivity index (χ4n) is 4.09. The van der Waals surface area contributed by atoms with Gasteiger partial charge in [-0.05, 0) is 19.1 Å². The highest BCUT2D eigenvalue weighted by Gasteiger charge is 2.41. The minimum atomic E-state index is -5.08. The summed E-state index contributed by atoms with van der Waals surface area (Å²) in [6.45, 7) is 1.49. The number of aromatic nitrogens is 5. The van der Waals surface area contributed by atoms with Gasteiger partial charge in [-0.25, -0.2) is 32.9 Å². The van der Waals surface area contributed by atoms with E-state index in [1.165, 1.54) is 17.0 Å². The number of nitrogens with two attached hydrogens (primary N) is 1. The van der Waals surface area contributed by atoms with Crippen molar-refractivity contribution in [1.82, 2.24) is 29.3 Å². The van der Waals surface area contributed by atoms with Gasteiger partial charge in [-0.3, -0.25) is 9.20 Å². The van der Waals surface area contributed by atoms with Crippen molar-refractivity contribution in [2.75, 3.05) is 23.7 Å². The third-order valence-corrected chi connectivity index (χ3v) is 6.37. The van der Waals surface area contributed by atoms with Crippen LogP contribution >= 0.6 is 11.6 Å². The number of anilines is 2. The number of carbonyl (C=O) groups excluding carboxylic acids is 1. The molecule has 0 saturated carbocycles. The number of imidazole rings is 1. The van der Waals surface area contributed by atoms with Crippen molar-refractivity contribution >= 4 is 52.2 Å². The molecule has 5 heterocycles. The van der Waals surface area contributed by atoms with Crippen molar-refractivity contribution in [2.24, 2.45) is 0 Å². The van der Waals surface area contributed by atoms with Crippen LogP contribution in [0.3, 0.4) is 0 Å². The number of nitrogens with zero attached hydrogens (tertiary/aromatic N) is 6. The monoisotopic (exact) mass is 688 g/mol. The molecule has 1 saturated heterocycles. The van der Waals surface area contributed by atoms with Gasteiger partial charge < -0.3 is 26.2 Å². The van der Waals surface area contributed by atoms with E-state index in [2.05, 4.69) is 20.4 Å². The minimum absolute atomic E-state index is 0.0379. The molecule has 4 aromatic rings. The summed E-state index contributed by atoms with van der Waals surface area (Å²) in [5.74, 6) is -8.25. The van der Waals surface area contributed by atoms with Crippen LogP contribution in [0, 0.1) is 0 Å². The van der Waals surface area contributed by atoms with Gasteiger partial charge in [-0.2, -0.15) is 26.3 Å². The Balaban J connectivity index is 0.000000345. The minimum Gasteiger partial charge on any atom is -0.475 e. The number of alkyl halides is 8. The second-order valence-corrected chi connectivity index (χ2v) is 9.80. The molecule has 1 aliphatic heterocycles. The van der Waals surface area contributed by atoms with Crippen molar-refractivity contribution in [3.05, 3.63) is 53.2 Å². The van der Waals surface area contributed by atoms with Crippen LogP contribution in [-0.2, 0) is 9.59 Å². The highest BCUT2D eigenvalue weighted by Crippen LogP contribution is 2.37. The maximum absolute atomic E-state index is 14.0. The second kappa shape index (κ2) is 13.2. The predicted octanol–water partition coefficient (Wildman–Crippen LogP) is 4.22. The Morgan fingerprint density at radius 3 is 2.22 bits per heavy atom. The summed E-state index contributed by atoms with van der Waals surface area (Å²) in [6.07, 6.45) is -4.15. The van der Waals surface area contributed by atoms with Crippen LogP contribution in [0.15, 0.2) is 37.1 Å². The quantitative estimate of drug-likeness (QED) is 0.227. The van der Waals surface area contributed by atoms with Gasteiger partial charge in [0.1, 0.15) is 17.7 Å². The molecule has 1 atom stereocenters. The van der Waals surface area contributed by atoms with Gasteiger partial charge in [-0.1, -0.05) is 11.6 Å². The Bertz CT molecular complexity index is 1730. The topological polar surface area (TPSA) is 180 Å². The Kier molecular flexibility index (Phi) is 10.2. The zero-order chi connectivity index (χ0) is 34.8. The number of pyridine rings is 1. The van der Waals surface area contributed by atoms with E-state index < -0.39 is 48.7 Å². The van der Waals surface area contributed by atoms with E-state index in [1.54, 1.807) is 40.8 Å². The van der Waals surface area contributed by atoms with Gasteiger partial charge in [0.15, 0.2) is 11.5 Å². The van der Waals surface area contributed by atoms with Gasteiger partial charge in [0.05, 0.1) is 29.3 Å². The summed E-state index contributed by atoms with van der Waals surface area (Å²) in [4.78, 5) is 40.8. The molecular weight excluding hydrogens is 668 g/mol. The summed E-state index contributed by atoms with van der Waals surface area (Å²) in [5.41, 5.74) is 7.58. The molecule has 1 unspecified atom stereocenters. The number of carboxylic acids is 2. The second-order valence-electron chi connectivity index (χ2n) is 9.40. The third kappa shape index (κ3) is 8.20. The van der Waals surface area contributed by atoms with Crippen molar-refractivity contribution in [3.8, 4) is 0 Å². The predicted molar refractivity (Wildman–Crippen MR) is 143 cm³/mol. The molecule has 1 aliphatic rings. The average Bonchev–Trinajstić information content (AvgIpc) is 3.64. The van der Waals surface area contributed by atoms with Crippen LogP contribution < -0.4 is 16.0 Å². The number of aliphatic carboxylic acids is 2. The zero-order valence-corrected chi connectivity index (χ0v) is 23.7. The van der Waals surface area contributed by atoms with Crippen LogP contribution in [0.25, 0.3) is 11.2 Å². The van der Waals surface area contributed by atoms with E-state index in [1.807, 2.05) is 0 Å². The maximum Gasteiger partial charge on any atom is 0.490 e. The van der Waals surface area contributed by atoms with E-state index in [0.717, 1.165) is 0 Å². The Hall–Kier alpha value is -4.95. The van der Waals surface area contributed by atoms with Crippen molar-refractivity contribution in [2.45, 2.75) is 37.7 Å². The highest BCUT2D eigenvalue weighted by atomic mass is 35.5. The summed E-state index contributed by atoms with van der Waals surface area (Å²) in [5, 5.41) is 21.6. The Morgan fingerprint density at radius 1 is 1.11 bits per heavy atom. The molecule has 4 aromatic heterocycles. The van der Waals surface area contributed by atoms with Gasteiger partial charge in [0, 0.05) is 30.9 Å². The summed E-state index contributed by atoms with van der Waals surface area (Å²) in [6, 6.07) is 2.76. The summed E-state index contributed by atoms with van der Waals surface area (Å²) < 4.78 is 94.6. The van der Waals surface area contributed by atoms with E-state index in [-0.39, 0.29) is 24.3 Å². The molecule has 250 valence electrons. The largest absolute Gasteiger partial charge is 0.490 e. The number of fused-ring (bicyclic) bond motifs is 2. The van der Waals surface area contributed by atoms with E-state index in [0.29, 0.717) is 27.6 Å². The number of carboxylic acid groups (broad SMARTS) is 2. The molecule has 13 nitrogen and oxygen atoms in total. The Morgan fingerprint density at radius 2 is 1.70 bits per heavy atom. The molecule has 22 heteroatoms. The number of rotatable bonds is 4. The van der Waals surface area contributed by atoms with Crippen molar-refractivity contribution in [1.29, 1.82) is 0 Å². The highest BCUT2D eigenvalue weighted by molar-refractivity contribution is 6.34. The van der Waals surface area contributed by atoms with Crippen LogP contribution in [0.5, 0.6) is 0 Å². The van der Waals surface area contributed by atoms with Crippen molar-refractivity contribution < 1.29 is 59.7 Å². The average molecular weight is 689 g/mol. The maximum atomic E-state index is 14.0. The van der Waals surface area contributed by atoms with Gasteiger partial charge >= 0.3 is 24.3 Å². The molecule has 0 aromatic carbocycles. The number of carbonyl (C=O) groups is 3. The van der Waals surface area contributed by atoms with Gasteiger partial charge in [0.25, 0.3) is 11.8 Å². The first-order valence-electron chi connectivity index (χ1n) is 12.4. The third-order valence-electron chi connectivity index (χ3n) is 6.07. The lowest BCUT2D eigenvalue weighted by Crippen LogP contribution is -2.32. The normalized spacial score (nSPS) is 15.0. The lowest BCUT2D eigenvalue weighted by Gasteiger charge is -2.26. The molecule has 0 bridgehead atoms. The van der Waals surface area contributed by atoms with E-state index in [9.17, 15) is 39.9 Å². The summed E-state index contributed by atoms with van der Waals surface area (Å²) >= 11 is 6.44. The van der Waals surface area contributed by atoms with E-state index in [4.69, 9.17) is 37.1 Å². The summed E-state index contributed by atoms with van der Waals surface area (Å²) in [7, 11) is 0. The first-order chi connectivity index (χ1) is 21.1. The molecule has 5 N–H and O–H groups in total. The Labute approximate surface area is 256 Å². The van der Waals surface area contributed by atoms with Gasteiger partial charge in [0.2, 0.25) is 0 Å². The molecule has 46 heavy (non-hydrogen) atoms. The van der Waals surface area contributed by atoms with Gasteiger partial charge in [-0.15, -0.1) is 5.10 Å². The molecule has 0 radical (unpaired) electrons. The fraction of sp³-hybridized carbons (Fsp3) is 0.333. The molecule has 1 amide bonds. The first-order valence-corrected chi connectivity index (χ1v) is 12.8. The smallest absolute Gasteiger partial charge is 0.475 e. The number of nitrogen functional groups attached to an aromatic ring is 1. The van der Waals surface area contributed by atoms with Crippen molar-refractivity contribution in [3.63, 3.8) is 0 Å². The molecule has 5 rings (SSSR count). The number of halogens is 9. The number of amides is 1. The number of hydrogen-bond acceptors (Lipinski definition) is 8. The number of hydrogen-bond donors (Lipinski definition) is 4. The lowest BCUT2D eigenvalue weighted by atomic mass is 10.1. The zero-order valence-electron chi connectivity index (χ0n) is 22.9.